The molecule has 5 nitrogen and oxygen atoms in total. The van der Waals surface area contributed by atoms with Crippen molar-refractivity contribution in [3.05, 3.63) is 40.1 Å². The summed E-state index contributed by atoms with van der Waals surface area (Å²) >= 11 is 1.64. The van der Waals surface area contributed by atoms with Gasteiger partial charge < -0.3 is 14.4 Å². The lowest BCUT2D eigenvalue weighted by Gasteiger charge is -2.27. The van der Waals surface area contributed by atoms with Gasteiger partial charge in [0.05, 0.1) is 18.7 Å². The van der Waals surface area contributed by atoms with Crippen molar-refractivity contribution in [2.75, 3.05) is 20.6 Å². The van der Waals surface area contributed by atoms with E-state index >= 15 is 0 Å². The molecule has 0 aliphatic carbocycles. The van der Waals surface area contributed by atoms with Crippen molar-refractivity contribution >= 4 is 17.2 Å². The molecule has 0 unspecified atom stereocenters. The zero-order valence-electron chi connectivity index (χ0n) is 12.5. The summed E-state index contributed by atoms with van der Waals surface area (Å²) in [5.74, 6) is 1.19. The van der Waals surface area contributed by atoms with Gasteiger partial charge in [-0.15, -0.1) is 11.3 Å². The molecule has 21 heavy (non-hydrogen) atoms. The molecule has 0 bridgehead atoms. The van der Waals surface area contributed by atoms with E-state index in [1.54, 1.807) is 11.3 Å². The number of hydrogen-bond acceptors (Lipinski definition) is 4. The molecular weight excluding hydrogens is 284 g/mol. The van der Waals surface area contributed by atoms with E-state index in [9.17, 15) is 4.79 Å². The van der Waals surface area contributed by atoms with E-state index in [2.05, 4.69) is 20.6 Å². The van der Waals surface area contributed by atoms with Gasteiger partial charge in [0, 0.05) is 30.7 Å². The van der Waals surface area contributed by atoms with Crippen LogP contribution in [0.2, 0.25) is 0 Å². The summed E-state index contributed by atoms with van der Waals surface area (Å²) < 4.78 is 2.17. The number of amides is 1. The van der Waals surface area contributed by atoms with Crippen LogP contribution in [0.1, 0.15) is 16.4 Å². The molecular formula is C15H20N4OS. The van der Waals surface area contributed by atoms with Crippen LogP contribution in [0.5, 0.6) is 0 Å². The molecule has 112 valence electrons. The Bertz CT molecular complexity index is 618. The zero-order chi connectivity index (χ0) is 14.8. The third kappa shape index (κ3) is 3.33. The fourth-order valence-electron chi connectivity index (χ4n) is 2.60. The second-order valence-electron chi connectivity index (χ2n) is 5.65. The van der Waals surface area contributed by atoms with Crippen LogP contribution in [0.3, 0.4) is 0 Å². The van der Waals surface area contributed by atoms with E-state index in [1.807, 2.05) is 36.5 Å². The molecule has 1 aliphatic rings. The van der Waals surface area contributed by atoms with Crippen molar-refractivity contribution in [3.8, 4) is 0 Å². The first-order valence-electron chi connectivity index (χ1n) is 7.11. The lowest BCUT2D eigenvalue weighted by Crippen LogP contribution is -2.39. The second kappa shape index (κ2) is 5.99. The molecule has 0 saturated heterocycles. The van der Waals surface area contributed by atoms with Crippen molar-refractivity contribution in [3.63, 3.8) is 0 Å². The maximum Gasteiger partial charge on any atom is 0.228 e. The molecule has 0 saturated carbocycles. The summed E-state index contributed by atoms with van der Waals surface area (Å²) in [5, 5.41) is 2.01. The number of hydrogen-bond donors (Lipinski definition) is 0. The first-order valence-corrected chi connectivity index (χ1v) is 7.99. The molecule has 0 fully saturated rings. The molecule has 0 aromatic carbocycles. The molecule has 1 aliphatic heterocycles. The molecule has 0 spiro atoms. The average Bonchev–Trinajstić information content (AvgIpc) is 3.05. The predicted molar refractivity (Wildman–Crippen MR) is 83.1 cm³/mol. The maximum atomic E-state index is 12.3. The van der Waals surface area contributed by atoms with Crippen LogP contribution in [0.25, 0.3) is 0 Å². The number of thiophene rings is 1. The Morgan fingerprint density at radius 2 is 2.29 bits per heavy atom. The molecule has 6 heteroatoms. The highest BCUT2D eigenvalue weighted by molar-refractivity contribution is 7.10. The lowest BCUT2D eigenvalue weighted by atomic mass is 10.2. The molecule has 0 N–H and O–H groups in total. The van der Waals surface area contributed by atoms with Crippen LogP contribution in [0, 0.1) is 0 Å². The van der Waals surface area contributed by atoms with E-state index in [4.69, 9.17) is 0 Å². The quantitative estimate of drug-likeness (QED) is 0.861. The third-order valence-electron chi connectivity index (χ3n) is 3.59. The van der Waals surface area contributed by atoms with Crippen molar-refractivity contribution in [2.24, 2.45) is 0 Å². The second-order valence-corrected chi connectivity index (χ2v) is 6.68. The van der Waals surface area contributed by atoms with Gasteiger partial charge in [0.15, 0.2) is 0 Å². The number of carbonyl (C=O) groups excluding carboxylic acids is 1. The zero-order valence-corrected chi connectivity index (χ0v) is 13.3. The Balaban J connectivity index is 1.66. The fourth-order valence-corrected chi connectivity index (χ4v) is 3.29. The summed E-state index contributed by atoms with van der Waals surface area (Å²) in [5.41, 5.74) is 1.07. The van der Waals surface area contributed by atoms with Crippen molar-refractivity contribution < 1.29 is 4.79 Å². The van der Waals surface area contributed by atoms with Crippen molar-refractivity contribution in [2.45, 2.75) is 26.1 Å². The largest absolute Gasteiger partial charge is 0.333 e. The van der Waals surface area contributed by atoms with Gasteiger partial charge in [-0.05, 0) is 25.5 Å². The van der Waals surface area contributed by atoms with Gasteiger partial charge in [-0.3, -0.25) is 4.79 Å². The Kier molecular flexibility index (Phi) is 4.07. The minimum absolute atomic E-state index is 0.195. The van der Waals surface area contributed by atoms with Crippen molar-refractivity contribution in [1.29, 1.82) is 0 Å². The predicted octanol–water partition coefficient (Wildman–Crippen LogP) is 1.59. The number of aromatic nitrogens is 2. The first kappa shape index (κ1) is 14.3. The van der Waals surface area contributed by atoms with Crippen LogP contribution in [0.4, 0.5) is 0 Å². The van der Waals surface area contributed by atoms with Gasteiger partial charge in [-0.1, -0.05) is 6.07 Å². The Hall–Kier alpha value is -1.66. The van der Waals surface area contributed by atoms with Crippen molar-refractivity contribution in [1.82, 2.24) is 19.4 Å². The lowest BCUT2D eigenvalue weighted by molar-refractivity contribution is -0.131. The third-order valence-corrected chi connectivity index (χ3v) is 4.47. The van der Waals surface area contributed by atoms with Crippen LogP contribution >= 0.6 is 11.3 Å². The average molecular weight is 304 g/mol. The topological polar surface area (TPSA) is 41.4 Å². The highest BCUT2D eigenvalue weighted by atomic mass is 32.1. The molecule has 0 atom stereocenters. The number of carbonyl (C=O) groups is 1. The van der Waals surface area contributed by atoms with E-state index in [0.717, 1.165) is 36.0 Å². The minimum atomic E-state index is 0.195. The molecule has 2 aromatic heterocycles. The Labute approximate surface area is 128 Å². The van der Waals surface area contributed by atoms with Gasteiger partial charge in [0.2, 0.25) is 5.91 Å². The standard InChI is InChI=1S/C15H20N4OS/c1-17(2)9-12-10-18-5-6-19(11-14(18)16-12)15(20)8-13-4-3-7-21-13/h3-4,7,10H,5-6,8-9,11H2,1-2H3. The molecule has 2 aromatic rings. The first-order chi connectivity index (χ1) is 10.1. The summed E-state index contributed by atoms with van der Waals surface area (Å²) in [6.45, 7) is 3.07. The molecule has 3 rings (SSSR count). The summed E-state index contributed by atoms with van der Waals surface area (Å²) in [4.78, 5) is 22.1. The highest BCUT2D eigenvalue weighted by Crippen LogP contribution is 2.16. The molecule has 1 amide bonds. The van der Waals surface area contributed by atoms with E-state index in [-0.39, 0.29) is 5.91 Å². The highest BCUT2D eigenvalue weighted by Gasteiger charge is 2.22. The summed E-state index contributed by atoms with van der Waals surface area (Å²) in [7, 11) is 4.07. The molecule has 0 radical (unpaired) electrons. The van der Waals surface area contributed by atoms with Gasteiger partial charge in [-0.25, -0.2) is 4.98 Å². The summed E-state index contributed by atoms with van der Waals surface area (Å²) in [6, 6.07) is 4.01. The van der Waals surface area contributed by atoms with E-state index in [1.165, 1.54) is 0 Å². The van der Waals surface area contributed by atoms with E-state index in [0.29, 0.717) is 13.0 Å². The van der Waals surface area contributed by atoms with Crippen LogP contribution in [-0.4, -0.2) is 45.9 Å². The van der Waals surface area contributed by atoms with Gasteiger partial charge in [0.1, 0.15) is 5.82 Å². The van der Waals surface area contributed by atoms with Gasteiger partial charge in [0.25, 0.3) is 0 Å². The summed E-state index contributed by atoms with van der Waals surface area (Å²) in [6.07, 6.45) is 2.61. The minimum Gasteiger partial charge on any atom is -0.333 e. The SMILES string of the molecule is CN(C)Cc1cn2c(n1)CN(C(=O)Cc1cccs1)CC2. The van der Waals surface area contributed by atoms with Crippen LogP contribution in [0.15, 0.2) is 23.7 Å². The molecule has 3 heterocycles. The van der Waals surface area contributed by atoms with Crippen LogP contribution < -0.4 is 0 Å². The number of nitrogens with zero attached hydrogens (tertiary/aromatic N) is 4. The Morgan fingerprint density at radius 3 is 3.00 bits per heavy atom. The monoisotopic (exact) mass is 304 g/mol. The van der Waals surface area contributed by atoms with Gasteiger partial charge in [-0.2, -0.15) is 0 Å². The normalized spacial score (nSPS) is 14.5. The number of rotatable bonds is 4. The Morgan fingerprint density at radius 1 is 1.43 bits per heavy atom. The van der Waals surface area contributed by atoms with E-state index < -0.39 is 0 Å². The number of fused-ring (bicyclic) bond motifs is 1. The fraction of sp³-hybridized carbons (Fsp3) is 0.467. The maximum absolute atomic E-state index is 12.3. The number of imidazole rings is 1. The van der Waals surface area contributed by atoms with Gasteiger partial charge >= 0.3 is 0 Å². The van der Waals surface area contributed by atoms with Crippen LogP contribution in [-0.2, 0) is 30.8 Å². The smallest absolute Gasteiger partial charge is 0.228 e.